The summed E-state index contributed by atoms with van der Waals surface area (Å²) in [4.78, 5) is 40.9. The van der Waals surface area contributed by atoms with Crippen LogP contribution in [0.1, 0.15) is 50.0 Å². The van der Waals surface area contributed by atoms with Crippen LogP contribution in [0.3, 0.4) is 0 Å². The van der Waals surface area contributed by atoms with Crippen LogP contribution in [0.2, 0.25) is 0 Å². The molecule has 9 heteroatoms. The molecule has 2 N–H and O–H groups in total. The number of benzene rings is 1. The first-order valence-corrected chi connectivity index (χ1v) is 9.47. The topological polar surface area (TPSA) is 105 Å². The second-order valence-corrected chi connectivity index (χ2v) is 8.26. The molecule has 0 unspecified atom stereocenters. The van der Waals surface area contributed by atoms with E-state index in [1.807, 2.05) is 20.8 Å². The molecule has 0 atom stereocenters. The van der Waals surface area contributed by atoms with Crippen molar-refractivity contribution in [1.82, 2.24) is 14.5 Å². The molecule has 1 saturated heterocycles. The highest BCUT2D eigenvalue weighted by Crippen LogP contribution is 2.24. The van der Waals surface area contributed by atoms with Crippen LogP contribution in [-0.4, -0.2) is 50.3 Å². The summed E-state index contributed by atoms with van der Waals surface area (Å²) in [5.74, 6) is -1.07. The molecule has 2 heterocycles. The smallest absolute Gasteiger partial charge is 0.410 e. The van der Waals surface area contributed by atoms with Gasteiger partial charge in [-0.2, -0.15) is 0 Å². The minimum Gasteiger partial charge on any atom is -0.478 e. The Balaban J connectivity index is 1.84. The third kappa shape index (κ3) is 4.09. The number of likely N-dealkylation sites (tertiary alicyclic amines) is 1. The van der Waals surface area contributed by atoms with E-state index in [4.69, 9.17) is 22.1 Å². The van der Waals surface area contributed by atoms with Crippen molar-refractivity contribution in [3.63, 3.8) is 0 Å². The number of carbonyl (C=O) groups excluding carboxylic acids is 1. The summed E-state index contributed by atoms with van der Waals surface area (Å²) < 4.78 is 7.18. The van der Waals surface area contributed by atoms with E-state index in [0.29, 0.717) is 36.8 Å². The number of hydrogen-bond acceptors (Lipinski definition) is 5. The number of ether oxygens (including phenoxy) is 1. The molecular formula is C19H23N3O5S. The molecule has 1 amide bonds. The fraction of sp³-hybridized carbons (Fsp3) is 0.474. The lowest BCUT2D eigenvalue weighted by molar-refractivity contribution is 0.0187. The zero-order chi connectivity index (χ0) is 20.6. The van der Waals surface area contributed by atoms with Crippen molar-refractivity contribution >= 4 is 35.2 Å². The lowest BCUT2D eigenvalue weighted by Gasteiger charge is -2.34. The molecule has 1 fully saturated rings. The summed E-state index contributed by atoms with van der Waals surface area (Å²) in [7, 11) is 0. The van der Waals surface area contributed by atoms with E-state index >= 15 is 0 Å². The number of nitrogens with one attached hydrogen (secondary N) is 1. The van der Waals surface area contributed by atoms with Gasteiger partial charge in [0, 0.05) is 19.1 Å². The van der Waals surface area contributed by atoms with Crippen LogP contribution < -0.4 is 5.56 Å². The van der Waals surface area contributed by atoms with Crippen LogP contribution in [0.5, 0.6) is 0 Å². The van der Waals surface area contributed by atoms with Crippen LogP contribution in [-0.2, 0) is 4.74 Å². The van der Waals surface area contributed by atoms with E-state index in [1.165, 1.54) is 22.8 Å². The zero-order valence-corrected chi connectivity index (χ0v) is 16.8. The minimum atomic E-state index is -1.07. The molecule has 150 valence electrons. The monoisotopic (exact) mass is 405 g/mol. The predicted octanol–water partition coefficient (Wildman–Crippen LogP) is 3.33. The highest BCUT2D eigenvalue weighted by molar-refractivity contribution is 7.71. The second-order valence-electron chi connectivity index (χ2n) is 7.87. The third-order valence-electron chi connectivity index (χ3n) is 4.66. The Morgan fingerprint density at radius 2 is 1.89 bits per heavy atom. The fourth-order valence-electron chi connectivity index (χ4n) is 3.33. The number of carboxylic acids is 1. The van der Waals surface area contributed by atoms with Gasteiger partial charge in [-0.05, 0) is 64.0 Å². The van der Waals surface area contributed by atoms with Crippen molar-refractivity contribution in [2.45, 2.75) is 45.3 Å². The van der Waals surface area contributed by atoms with Gasteiger partial charge >= 0.3 is 12.1 Å². The normalized spacial score (nSPS) is 15.6. The third-order valence-corrected chi connectivity index (χ3v) is 4.96. The second kappa shape index (κ2) is 7.38. The Morgan fingerprint density at radius 3 is 2.46 bits per heavy atom. The van der Waals surface area contributed by atoms with Gasteiger partial charge in [0.2, 0.25) is 0 Å². The lowest BCUT2D eigenvalue weighted by atomic mass is 10.0. The Labute approximate surface area is 166 Å². The number of carboxylic acid groups (broad SMARTS) is 1. The fourth-order valence-corrected chi connectivity index (χ4v) is 3.67. The summed E-state index contributed by atoms with van der Waals surface area (Å²) in [6.07, 6.45) is 0.799. The number of hydrogen-bond donors (Lipinski definition) is 2. The summed E-state index contributed by atoms with van der Waals surface area (Å²) >= 11 is 5.36. The number of rotatable bonds is 2. The first kappa shape index (κ1) is 20.1. The van der Waals surface area contributed by atoms with Gasteiger partial charge in [0.1, 0.15) is 5.60 Å². The maximum absolute atomic E-state index is 13.0. The van der Waals surface area contributed by atoms with Crippen LogP contribution in [0, 0.1) is 4.77 Å². The van der Waals surface area contributed by atoms with E-state index < -0.39 is 11.6 Å². The Bertz CT molecular complexity index is 1040. The van der Waals surface area contributed by atoms with Crippen molar-refractivity contribution < 1.29 is 19.4 Å². The number of fused-ring (bicyclic) bond motifs is 1. The number of carbonyl (C=O) groups is 2. The quantitative estimate of drug-likeness (QED) is 0.743. The molecule has 1 aliphatic rings. The Kier molecular flexibility index (Phi) is 5.29. The highest BCUT2D eigenvalue weighted by Gasteiger charge is 2.28. The minimum absolute atomic E-state index is 0.0842. The van der Waals surface area contributed by atoms with E-state index in [1.54, 1.807) is 4.90 Å². The number of piperidine rings is 1. The number of H-pyrrole nitrogens is 1. The van der Waals surface area contributed by atoms with Gasteiger partial charge in [0.25, 0.3) is 5.56 Å². The number of aromatic amines is 1. The van der Waals surface area contributed by atoms with E-state index in [2.05, 4.69) is 4.98 Å². The molecule has 0 radical (unpaired) electrons. The number of aromatic nitrogens is 2. The van der Waals surface area contributed by atoms with Gasteiger partial charge in [-0.3, -0.25) is 9.36 Å². The molecule has 0 spiro atoms. The molecule has 0 saturated carbocycles. The van der Waals surface area contributed by atoms with Gasteiger partial charge in [0.15, 0.2) is 4.77 Å². The van der Waals surface area contributed by atoms with Crippen molar-refractivity contribution in [3.05, 3.63) is 38.9 Å². The van der Waals surface area contributed by atoms with Gasteiger partial charge in [-0.15, -0.1) is 0 Å². The van der Waals surface area contributed by atoms with E-state index in [9.17, 15) is 14.4 Å². The zero-order valence-electron chi connectivity index (χ0n) is 16.0. The standard InChI is InChI=1S/C19H23N3O5S/c1-19(2,3)27-18(26)21-8-6-12(7-9-21)22-15(23)13-5-4-11(16(24)25)10-14(13)20-17(22)28/h4-5,10,12H,6-9H2,1-3H3,(H,20,28)(H,24,25). The maximum atomic E-state index is 13.0. The highest BCUT2D eigenvalue weighted by atomic mass is 32.1. The molecule has 8 nitrogen and oxygen atoms in total. The molecule has 0 bridgehead atoms. The molecule has 1 aromatic carbocycles. The van der Waals surface area contributed by atoms with Gasteiger partial charge in [0.05, 0.1) is 16.5 Å². The first-order chi connectivity index (χ1) is 13.1. The molecule has 2 aromatic rings. The molecule has 0 aliphatic carbocycles. The van der Waals surface area contributed by atoms with Crippen molar-refractivity contribution in [2.75, 3.05) is 13.1 Å². The van der Waals surface area contributed by atoms with Gasteiger partial charge in [-0.25, -0.2) is 9.59 Å². The first-order valence-electron chi connectivity index (χ1n) is 9.06. The maximum Gasteiger partial charge on any atom is 0.410 e. The van der Waals surface area contributed by atoms with Crippen molar-refractivity contribution in [2.24, 2.45) is 0 Å². The van der Waals surface area contributed by atoms with Crippen molar-refractivity contribution in [1.29, 1.82) is 0 Å². The SMILES string of the molecule is CC(C)(C)OC(=O)N1CCC(n2c(=S)[nH]c3cc(C(=O)O)ccc3c2=O)CC1. The Morgan fingerprint density at radius 1 is 1.25 bits per heavy atom. The largest absolute Gasteiger partial charge is 0.478 e. The Hall–Kier alpha value is -2.68. The summed E-state index contributed by atoms with van der Waals surface area (Å²) in [6.45, 7) is 6.40. The summed E-state index contributed by atoms with van der Waals surface area (Å²) in [5, 5.41) is 9.50. The van der Waals surface area contributed by atoms with Gasteiger partial charge in [-0.1, -0.05) is 0 Å². The molecule has 28 heavy (non-hydrogen) atoms. The van der Waals surface area contributed by atoms with Crippen LogP contribution in [0.4, 0.5) is 4.79 Å². The molecule has 1 aromatic heterocycles. The molecule has 3 rings (SSSR count). The van der Waals surface area contributed by atoms with E-state index in [-0.39, 0.29) is 28.0 Å². The van der Waals surface area contributed by atoms with Crippen LogP contribution in [0.15, 0.2) is 23.0 Å². The number of aromatic carboxylic acids is 1. The summed E-state index contributed by atoms with van der Waals surface area (Å²) in [5.41, 5.74) is -0.328. The number of amides is 1. The molecule has 1 aliphatic heterocycles. The lowest BCUT2D eigenvalue weighted by Crippen LogP contribution is -2.43. The van der Waals surface area contributed by atoms with Gasteiger partial charge < -0.3 is 19.7 Å². The van der Waals surface area contributed by atoms with Crippen LogP contribution >= 0.6 is 12.2 Å². The summed E-state index contributed by atoms with van der Waals surface area (Å²) in [6, 6.07) is 4.17. The predicted molar refractivity (Wildman–Crippen MR) is 106 cm³/mol. The average molecular weight is 405 g/mol. The van der Waals surface area contributed by atoms with Crippen LogP contribution in [0.25, 0.3) is 10.9 Å². The number of nitrogens with zero attached hydrogens (tertiary/aromatic N) is 2. The molecular weight excluding hydrogens is 382 g/mol. The van der Waals surface area contributed by atoms with E-state index in [0.717, 1.165) is 0 Å². The average Bonchev–Trinajstić information content (AvgIpc) is 2.60. The van der Waals surface area contributed by atoms with Crippen molar-refractivity contribution in [3.8, 4) is 0 Å².